The number of hydrogen-bond donors (Lipinski definition) is 2. The number of aromatic nitrogens is 1. The van der Waals surface area contributed by atoms with E-state index in [0.29, 0.717) is 11.6 Å². The van der Waals surface area contributed by atoms with Gasteiger partial charge in [-0.2, -0.15) is 11.8 Å². The van der Waals surface area contributed by atoms with Crippen LogP contribution in [0.4, 0.5) is 0 Å². The van der Waals surface area contributed by atoms with E-state index in [4.69, 9.17) is 16.7 Å². The average Bonchev–Trinajstić information content (AvgIpc) is 2.39. The molecule has 0 spiro atoms. The Hall–Kier alpha value is -1.04. The summed E-state index contributed by atoms with van der Waals surface area (Å²) in [5, 5.41) is 12.2. The summed E-state index contributed by atoms with van der Waals surface area (Å²) in [5.74, 6) is 0.602. The van der Waals surface area contributed by atoms with Crippen LogP contribution in [0.15, 0.2) is 24.4 Å². The number of carbonyl (C=O) groups excluding carboxylic acids is 1. The van der Waals surface area contributed by atoms with E-state index in [1.165, 1.54) is 6.08 Å². The van der Waals surface area contributed by atoms with Crippen molar-refractivity contribution in [3.05, 3.63) is 35.1 Å². The molecule has 1 unspecified atom stereocenters. The third-order valence-electron chi connectivity index (χ3n) is 2.37. The largest absolute Gasteiger partial charge is 0.396 e. The maximum atomic E-state index is 11.7. The Balaban J connectivity index is 2.51. The highest BCUT2D eigenvalue weighted by atomic mass is 35.5. The number of thioether (sulfide) groups is 1. The molecule has 1 aromatic heterocycles. The van der Waals surface area contributed by atoms with Crippen molar-refractivity contribution < 1.29 is 9.90 Å². The highest BCUT2D eigenvalue weighted by Gasteiger charge is 2.08. The number of rotatable bonds is 7. The summed E-state index contributed by atoms with van der Waals surface area (Å²) >= 11 is 7.31. The fourth-order valence-corrected chi connectivity index (χ4v) is 2.23. The lowest BCUT2D eigenvalue weighted by molar-refractivity contribution is -0.117. The number of halogens is 1. The van der Waals surface area contributed by atoms with Crippen molar-refractivity contribution in [2.75, 3.05) is 18.6 Å². The zero-order valence-corrected chi connectivity index (χ0v) is 12.2. The van der Waals surface area contributed by atoms with E-state index in [-0.39, 0.29) is 18.6 Å². The molecule has 0 saturated carbocycles. The summed E-state index contributed by atoms with van der Waals surface area (Å²) in [6, 6.07) is 3.44. The van der Waals surface area contributed by atoms with Crippen LogP contribution in [-0.2, 0) is 4.79 Å². The molecule has 0 aliphatic heterocycles. The quantitative estimate of drug-likeness (QED) is 0.597. The molecule has 2 N–H and O–H groups in total. The van der Waals surface area contributed by atoms with Crippen molar-refractivity contribution in [1.29, 1.82) is 0 Å². The lowest BCUT2D eigenvalue weighted by Gasteiger charge is -2.15. The minimum absolute atomic E-state index is 0.0134. The number of amides is 1. The van der Waals surface area contributed by atoms with Gasteiger partial charge in [-0.05, 0) is 30.4 Å². The molecule has 0 aliphatic carbocycles. The van der Waals surface area contributed by atoms with Gasteiger partial charge in [0.2, 0.25) is 5.91 Å². The Morgan fingerprint density at radius 2 is 2.42 bits per heavy atom. The molecule has 1 heterocycles. The van der Waals surface area contributed by atoms with Crippen molar-refractivity contribution in [2.24, 2.45) is 0 Å². The van der Waals surface area contributed by atoms with E-state index in [1.807, 2.05) is 6.26 Å². The van der Waals surface area contributed by atoms with E-state index < -0.39 is 0 Å². The molecule has 1 amide bonds. The first-order valence-electron chi connectivity index (χ1n) is 5.85. The number of nitrogens with zero attached hydrogens (tertiary/aromatic N) is 1. The molecule has 1 rings (SSSR count). The predicted molar refractivity (Wildman–Crippen MR) is 80.3 cm³/mol. The number of aliphatic hydroxyl groups excluding tert-OH is 1. The van der Waals surface area contributed by atoms with Gasteiger partial charge >= 0.3 is 0 Å². The summed E-state index contributed by atoms with van der Waals surface area (Å²) in [7, 11) is 0. The zero-order valence-electron chi connectivity index (χ0n) is 10.7. The van der Waals surface area contributed by atoms with Crippen molar-refractivity contribution in [2.45, 2.75) is 12.5 Å². The maximum Gasteiger partial charge on any atom is 0.244 e. The van der Waals surface area contributed by atoms with Crippen molar-refractivity contribution >= 4 is 35.3 Å². The predicted octanol–water partition coefficient (Wildman–Crippen LogP) is 1.98. The van der Waals surface area contributed by atoms with Crippen molar-refractivity contribution in [3.8, 4) is 0 Å². The highest BCUT2D eigenvalue weighted by molar-refractivity contribution is 7.98. The number of hydrogen-bond acceptors (Lipinski definition) is 4. The van der Waals surface area contributed by atoms with Crippen molar-refractivity contribution in [1.82, 2.24) is 10.3 Å². The summed E-state index contributed by atoms with van der Waals surface area (Å²) in [6.45, 7) is 0.0658. The summed E-state index contributed by atoms with van der Waals surface area (Å²) in [5.41, 5.74) is 0.808. The van der Waals surface area contributed by atoms with E-state index >= 15 is 0 Å². The van der Waals surface area contributed by atoms with Gasteiger partial charge in [-0.3, -0.25) is 4.79 Å². The lowest BCUT2D eigenvalue weighted by atomic mass is 10.2. The molecule has 0 aromatic carbocycles. The summed E-state index contributed by atoms with van der Waals surface area (Å²) < 4.78 is 0. The molecule has 1 atom stereocenters. The Morgan fingerprint density at radius 3 is 3.00 bits per heavy atom. The minimum atomic E-state index is -0.178. The van der Waals surface area contributed by atoms with Gasteiger partial charge in [-0.25, -0.2) is 4.98 Å². The molecular weight excluding hydrogens is 284 g/mol. The van der Waals surface area contributed by atoms with Gasteiger partial charge in [-0.15, -0.1) is 0 Å². The molecule has 0 radical (unpaired) electrons. The lowest BCUT2D eigenvalue weighted by Crippen LogP contribution is -2.36. The van der Waals surface area contributed by atoms with Gasteiger partial charge in [0.25, 0.3) is 0 Å². The standard InChI is InChI=1S/C13H17ClN2O2S/c1-19-9-11(6-7-17)16-13(18)5-3-10-2-4-12(14)15-8-10/h2-5,8,11,17H,6-7,9H2,1H3,(H,16,18)/b5-3+. The Kier molecular flexibility index (Phi) is 7.55. The van der Waals surface area contributed by atoms with Gasteiger partial charge in [0, 0.05) is 30.7 Å². The van der Waals surface area contributed by atoms with Gasteiger partial charge in [0.1, 0.15) is 5.15 Å². The fourth-order valence-electron chi connectivity index (χ4n) is 1.46. The molecule has 0 fully saturated rings. The first-order chi connectivity index (χ1) is 9.15. The van der Waals surface area contributed by atoms with E-state index in [0.717, 1.165) is 11.3 Å². The summed E-state index contributed by atoms with van der Waals surface area (Å²) in [6.07, 6.45) is 7.25. The molecule has 4 nitrogen and oxygen atoms in total. The summed E-state index contributed by atoms with van der Waals surface area (Å²) in [4.78, 5) is 15.6. The van der Waals surface area contributed by atoms with Crippen LogP contribution < -0.4 is 5.32 Å². The molecule has 6 heteroatoms. The van der Waals surface area contributed by atoms with E-state index in [2.05, 4.69) is 10.3 Å². The average molecular weight is 301 g/mol. The molecule has 0 bridgehead atoms. The highest BCUT2D eigenvalue weighted by Crippen LogP contribution is 2.07. The normalized spacial score (nSPS) is 12.6. The Bertz CT molecular complexity index is 417. The van der Waals surface area contributed by atoms with Crippen LogP contribution in [0.1, 0.15) is 12.0 Å². The monoisotopic (exact) mass is 300 g/mol. The Labute approximate surface area is 122 Å². The van der Waals surface area contributed by atoms with Gasteiger partial charge in [-0.1, -0.05) is 17.7 Å². The number of aliphatic hydroxyl groups is 1. The molecule has 0 saturated heterocycles. The zero-order chi connectivity index (χ0) is 14.1. The van der Waals surface area contributed by atoms with Gasteiger partial charge in [0.05, 0.1) is 0 Å². The van der Waals surface area contributed by atoms with Crippen molar-refractivity contribution in [3.63, 3.8) is 0 Å². The van der Waals surface area contributed by atoms with Gasteiger partial charge < -0.3 is 10.4 Å². The second-order valence-corrected chi connectivity index (χ2v) is 5.22. The molecule has 0 aliphatic rings. The first-order valence-corrected chi connectivity index (χ1v) is 7.63. The number of pyridine rings is 1. The van der Waals surface area contributed by atoms with E-state index in [1.54, 1.807) is 36.2 Å². The molecular formula is C13H17ClN2O2S. The maximum absolute atomic E-state index is 11.7. The van der Waals surface area contributed by atoms with Crippen LogP contribution in [0.2, 0.25) is 5.15 Å². The topological polar surface area (TPSA) is 62.2 Å². The van der Waals surface area contributed by atoms with Crippen LogP contribution >= 0.6 is 23.4 Å². The second kappa shape index (κ2) is 8.96. The first kappa shape index (κ1) is 16.0. The van der Waals surface area contributed by atoms with Crippen LogP contribution in [0, 0.1) is 0 Å². The van der Waals surface area contributed by atoms with Crippen LogP contribution in [-0.4, -0.2) is 40.7 Å². The minimum Gasteiger partial charge on any atom is -0.396 e. The van der Waals surface area contributed by atoms with Crippen LogP contribution in [0.5, 0.6) is 0 Å². The van der Waals surface area contributed by atoms with Crippen LogP contribution in [0.3, 0.4) is 0 Å². The van der Waals surface area contributed by atoms with Gasteiger partial charge in [0.15, 0.2) is 0 Å². The number of nitrogens with one attached hydrogen (secondary N) is 1. The third kappa shape index (κ3) is 6.61. The third-order valence-corrected chi connectivity index (χ3v) is 3.33. The number of carbonyl (C=O) groups is 1. The molecule has 104 valence electrons. The SMILES string of the molecule is CSCC(CCO)NC(=O)/C=C/c1ccc(Cl)nc1. The van der Waals surface area contributed by atoms with E-state index in [9.17, 15) is 4.79 Å². The Morgan fingerprint density at radius 1 is 1.63 bits per heavy atom. The fraction of sp³-hybridized carbons (Fsp3) is 0.385. The molecule has 19 heavy (non-hydrogen) atoms. The molecule has 1 aromatic rings. The smallest absolute Gasteiger partial charge is 0.244 e. The van der Waals surface area contributed by atoms with Crippen LogP contribution in [0.25, 0.3) is 6.08 Å². The second-order valence-electron chi connectivity index (χ2n) is 3.92.